The highest BCUT2D eigenvalue weighted by molar-refractivity contribution is 8.26. The Bertz CT molecular complexity index is 1150. The molecule has 1 aromatic heterocycles. The van der Waals surface area contributed by atoms with E-state index in [1.54, 1.807) is 17.0 Å². The molecule has 28 heavy (non-hydrogen) atoms. The molecule has 2 aromatic carbocycles. The van der Waals surface area contributed by atoms with Gasteiger partial charge in [-0.25, -0.2) is 0 Å². The zero-order valence-electron chi connectivity index (χ0n) is 14.6. The van der Waals surface area contributed by atoms with Gasteiger partial charge in [-0.05, 0) is 16.8 Å². The molecule has 0 atom stereocenters. The van der Waals surface area contributed by atoms with Gasteiger partial charge in [0.25, 0.3) is 5.91 Å². The van der Waals surface area contributed by atoms with Crippen molar-refractivity contribution in [2.75, 3.05) is 0 Å². The first kappa shape index (κ1) is 18.4. The molecule has 4 rings (SSSR count). The third kappa shape index (κ3) is 3.69. The van der Waals surface area contributed by atoms with Gasteiger partial charge in [0.2, 0.25) is 0 Å². The lowest BCUT2D eigenvalue weighted by atomic mass is 10.00. The Morgan fingerprint density at radius 2 is 2.04 bits per heavy atom. The summed E-state index contributed by atoms with van der Waals surface area (Å²) in [4.78, 5) is 23.5. The number of carboxylic acid groups (broad SMARTS) is 1. The molecule has 0 unspecified atom stereocenters. The van der Waals surface area contributed by atoms with Gasteiger partial charge >= 0.3 is 5.97 Å². The van der Waals surface area contributed by atoms with Crippen LogP contribution in [0.15, 0.2) is 53.6 Å². The van der Waals surface area contributed by atoms with Crippen LogP contribution in [0, 0.1) is 0 Å². The summed E-state index contributed by atoms with van der Waals surface area (Å²) in [6.07, 6.45) is 3.48. The molecule has 1 fully saturated rings. The normalized spacial score (nSPS) is 15.4. The Kier molecular flexibility index (Phi) is 4.97. The van der Waals surface area contributed by atoms with Crippen LogP contribution in [-0.2, 0) is 16.1 Å². The van der Waals surface area contributed by atoms with Gasteiger partial charge in [-0.2, -0.15) is 5.10 Å². The fourth-order valence-electron chi connectivity index (χ4n) is 3.07. The predicted molar refractivity (Wildman–Crippen MR) is 114 cm³/mol. The van der Waals surface area contributed by atoms with Gasteiger partial charge in [0.05, 0.1) is 17.9 Å². The maximum atomic E-state index is 12.1. The largest absolute Gasteiger partial charge is 0.481 e. The maximum Gasteiger partial charge on any atom is 0.305 e. The van der Waals surface area contributed by atoms with E-state index in [-0.39, 0.29) is 18.9 Å². The summed E-state index contributed by atoms with van der Waals surface area (Å²) in [5.74, 6) is -1.13. The van der Waals surface area contributed by atoms with Crippen molar-refractivity contribution in [2.45, 2.75) is 13.0 Å². The second kappa shape index (κ2) is 7.57. The van der Waals surface area contributed by atoms with Gasteiger partial charge in [0, 0.05) is 17.3 Å². The van der Waals surface area contributed by atoms with Crippen molar-refractivity contribution in [1.82, 2.24) is 15.1 Å². The van der Waals surface area contributed by atoms with Crippen molar-refractivity contribution in [3.63, 3.8) is 0 Å². The zero-order chi connectivity index (χ0) is 19.7. The topological polar surface area (TPSA) is 84.2 Å². The molecule has 0 saturated carbocycles. The maximum absolute atomic E-state index is 12.1. The number of amides is 1. The van der Waals surface area contributed by atoms with Crippen LogP contribution in [0.25, 0.3) is 28.1 Å². The van der Waals surface area contributed by atoms with Gasteiger partial charge in [-0.1, -0.05) is 66.4 Å². The molecule has 6 nitrogen and oxygen atoms in total. The van der Waals surface area contributed by atoms with Crippen LogP contribution in [-0.4, -0.2) is 31.1 Å². The molecule has 1 aliphatic rings. The number of thioether (sulfide) groups is 1. The highest BCUT2D eigenvalue weighted by Gasteiger charge is 2.23. The summed E-state index contributed by atoms with van der Waals surface area (Å²) in [5.41, 5.74) is 2.36. The zero-order valence-corrected chi connectivity index (χ0v) is 16.2. The Balaban J connectivity index is 1.85. The molecule has 0 radical (unpaired) electrons. The number of carboxylic acids is 1. The van der Waals surface area contributed by atoms with Crippen molar-refractivity contribution in [2.24, 2.45) is 0 Å². The molecule has 2 N–H and O–H groups in total. The molecule has 140 valence electrons. The fraction of sp³-hybridized carbons (Fsp3) is 0.100. The summed E-state index contributed by atoms with van der Waals surface area (Å²) in [6.45, 7) is 0.244. The first-order valence-corrected chi connectivity index (χ1v) is 9.76. The predicted octanol–water partition coefficient (Wildman–Crippen LogP) is 3.67. The molecular formula is C20H15N3O3S2. The third-order valence-corrected chi connectivity index (χ3v) is 5.48. The van der Waals surface area contributed by atoms with Crippen LogP contribution in [0.4, 0.5) is 0 Å². The summed E-state index contributed by atoms with van der Waals surface area (Å²) in [6, 6.07) is 13.9. The summed E-state index contributed by atoms with van der Waals surface area (Å²) in [5, 5.41) is 18.3. The van der Waals surface area contributed by atoms with Gasteiger partial charge in [0.15, 0.2) is 0 Å². The number of hydrogen-bond acceptors (Lipinski definition) is 5. The molecule has 0 spiro atoms. The highest BCUT2D eigenvalue weighted by Crippen LogP contribution is 2.33. The average molecular weight is 409 g/mol. The Labute approximate surface area is 170 Å². The minimum absolute atomic E-state index is 0.0357. The monoisotopic (exact) mass is 409 g/mol. The number of nitrogens with zero attached hydrogens (tertiary/aromatic N) is 2. The Morgan fingerprint density at radius 1 is 1.25 bits per heavy atom. The summed E-state index contributed by atoms with van der Waals surface area (Å²) in [7, 11) is 0. The fourth-order valence-corrected chi connectivity index (χ4v) is 4.11. The molecule has 0 aliphatic carbocycles. The lowest BCUT2D eigenvalue weighted by Gasteiger charge is -2.05. The van der Waals surface area contributed by atoms with E-state index in [9.17, 15) is 9.59 Å². The summed E-state index contributed by atoms with van der Waals surface area (Å²) < 4.78 is 2.02. The molecule has 1 amide bonds. The molecule has 3 aromatic rings. The highest BCUT2D eigenvalue weighted by atomic mass is 32.2. The second-order valence-electron chi connectivity index (χ2n) is 6.22. The van der Waals surface area contributed by atoms with Crippen LogP contribution in [0.5, 0.6) is 0 Å². The number of aromatic nitrogens is 2. The number of rotatable bonds is 5. The first-order chi connectivity index (χ1) is 13.5. The van der Waals surface area contributed by atoms with Crippen LogP contribution in [0.2, 0.25) is 0 Å². The van der Waals surface area contributed by atoms with E-state index >= 15 is 0 Å². The standard InChI is InChI=1S/C20H15N3O3S2/c24-17(25)8-9-23-11-13(10-16-19(26)21-20(27)28-16)18(22-23)15-7-3-5-12-4-1-2-6-14(12)15/h1-7,10-11H,8-9H2,(H,24,25)(H,21,26,27)/b16-10-. The third-order valence-electron chi connectivity index (χ3n) is 4.32. The average Bonchev–Trinajstić information content (AvgIpc) is 3.22. The number of carbonyl (C=O) groups is 2. The van der Waals surface area contributed by atoms with Crippen molar-refractivity contribution in [1.29, 1.82) is 0 Å². The van der Waals surface area contributed by atoms with Crippen molar-refractivity contribution < 1.29 is 14.7 Å². The van der Waals surface area contributed by atoms with Crippen molar-refractivity contribution >= 4 is 57.0 Å². The second-order valence-corrected chi connectivity index (χ2v) is 7.94. The van der Waals surface area contributed by atoms with Gasteiger partial charge in [-0.15, -0.1) is 0 Å². The smallest absolute Gasteiger partial charge is 0.305 e. The van der Waals surface area contributed by atoms with E-state index in [1.165, 1.54) is 11.8 Å². The number of nitrogens with one attached hydrogen (secondary N) is 1. The lowest BCUT2D eigenvalue weighted by molar-refractivity contribution is -0.137. The Morgan fingerprint density at radius 3 is 2.79 bits per heavy atom. The SMILES string of the molecule is O=C(O)CCn1cc(/C=C2\SC(=S)NC2=O)c(-c2cccc3ccccc23)n1. The molecule has 1 aliphatic heterocycles. The molecule has 0 bridgehead atoms. The van der Waals surface area contributed by atoms with Crippen molar-refractivity contribution in [3.05, 3.63) is 59.1 Å². The number of fused-ring (bicyclic) bond motifs is 1. The van der Waals surface area contributed by atoms with Crippen LogP contribution < -0.4 is 5.32 Å². The van der Waals surface area contributed by atoms with E-state index in [1.807, 2.05) is 42.5 Å². The van der Waals surface area contributed by atoms with Gasteiger partial charge in [-0.3, -0.25) is 14.3 Å². The van der Waals surface area contributed by atoms with E-state index in [0.717, 1.165) is 21.9 Å². The lowest BCUT2D eigenvalue weighted by Crippen LogP contribution is -2.17. The minimum Gasteiger partial charge on any atom is -0.481 e. The number of carbonyl (C=O) groups excluding carboxylic acids is 1. The number of aryl methyl sites for hydroxylation is 1. The molecular weight excluding hydrogens is 394 g/mol. The molecule has 2 heterocycles. The first-order valence-electron chi connectivity index (χ1n) is 8.53. The minimum atomic E-state index is -0.891. The molecule has 1 saturated heterocycles. The number of benzene rings is 2. The van der Waals surface area contributed by atoms with Crippen LogP contribution >= 0.6 is 24.0 Å². The van der Waals surface area contributed by atoms with Crippen LogP contribution in [0.3, 0.4) is 0 Å². The van der Waals surface area contributed by atoms with Crippen molar-refractivity contribution in [3.8, 4) is 11.3 Å². The van der Waals surface area contributed by atoms with E-state index in [2.05, 4.69) is 10.4 Å². The number of thiocarbonyl (C=S) groups is 1. The van der Waals surface area contributed by atoms with Crippen LogP contribution in [0.1, 0.15) is 12.0 Å². The van der Waals surface area contributed by atoms with Gasteiger partial charge < -0.3 is 10.4 Å². The summed E-state index contributed by atoms with van der Waals surface area (Å²) >= 11 is 6.26. The quantitative estimate of drug-likeness (QED) is 0.494. The van der Waals surface area contributed by atoms with E-state index in [4.69, 9.17) is 17.3 Å². The van der Waals surface area contributed by atoms with E-state index < -0.39 is 5.97 Å². The Hall–Kier alpha value is -2.97. The number of aliphatic carboxylic acids is 1. The van der Waals surface area contributed by atoms with E-state index in [0.29, 0.717) is 14.9 Å². The molecule has 8 heteroatoms. The number of hydrogen-bond donors (Lipinski definition) is 2. The van der Waals surface area contributed by atoms with Gasteiger partial charge in [0.1, 0.15) is 10.0 Å².